The van der Waals surface area contributed by atoms with Gasteiger partial charge in [-0.3, -0.25) is 9.59 Å². The molecule has 0 radical (unpaired) electrons. The highest BCUT2D eigenvalue weighted by Gasteiger charge is 2.62. The first-order chi connectivity index (χ1) is 13.1. The summed E-state index contributed by atoms with van der Waals surface area (Å²) in [4.78, 5) is 25.2. The SMILES string of the molecule is COc1cccc2c1C1c3c(OC)ccc(OC)c3C2C2C(=O)OC(=O)C12. The Bertz CT molecular complexity index is 994. The first-order valence-electron chi connectivity index (χ1n) is 8.79. The molecule has 0 N–H and O–H groups in total. The zero-order valence-corrected chi connectivity index (χ0v) is 15.1. The van der Waals surface area contributed by atoms with Gasteiger partial charge in [0.15, 0.2) is 0 Å². The number of hydrogen-bond donors (Lipinski definition) is 0. The molecule has 0 aromatic heterocycles. The molecular weight excluding hydrogens is 348 g/mol. The zero-order valence-electron chi connectivity index (χ0n) is 15.1. The van der Waals surface area contributed by atoms with Crippen molar-refractivity contribution in [2.24, 2.45) is 11.8 Å². The second kappa shape index (κ2) is 5.49. The second-order valence-corrected chi connectivity index (χ2v) is 7.01. The van der Waals surface area contributed by atoms with Crippen molar-refractivity contribution < 1.29 is 28.5 Å². The van der Waals surface area contributed by atoms with Crippen molar-refractivity contribution in [3.05, 3.63) is 52.6 Å². The molecule has 3 aliphatic carbocycles. The van der Waals surface area contributed by atoms with Crippen LogP contribution in [0.25, 0.3) is 0 Å². The Morgan fingerprint density at radius 3 is 1.81 bits per heavy atom. The van der Waals surface area contributed by atoms with Gasteiger partial charge in [0.25, 0.3) is 0 Å². The summed E-state index contributed by atoms with van der Waals surface area (Å²) in [5, 5.41) is 0. The van der Waals surface area contributed by atoms with E-state index in [4.69, 9.17) is 18.9 Å². The summed E-state index contributed by atoms with van der Waals surface area (Å²) < 4.78 is 21.9. The molecule has 4 aliphatic rings. The quantitative estimate of drug-likeness (QED) is 0.614. The molecule has 4 unspecified atom stereocenters. The second-order valence-electron chi connectivity index (χ2n) is 7.01. The molecule has 0 spiro atoms. The number of methoxy groups -OCH3 is 3. The van der Waals surface area contributed by atoms with E-state index < -0.39 is 23.8 Å². The Morgan fingerprint density at radius 1 is 0.704 bits per heavy atom. The average Bonchev–Trinajstić information content (AvgIpc) is 3.01. The van der Waals surface area contributed by atoms with Crippen LogP contribution in [0.15, 0.2) is 30.3 Å². The maximum absolute atomic E-state index is 12.6. The third kappa shape index (κ3) is 1.85. The summed E-state index contributed by atoms with van der Waals surface area (Å²) in [7, 11) is 4.81. The summed E-state index contributed by atoms with van der Waals surface area (Å²) in [5.74, 6) is -0.771. The van der Waals surface area contributed by atoms with Gasteiger partial charge in [-0.25, -0.2) is 0 Å². The monoisotopic (exact) mass is 366 g/mol. The molecule has 4 atom stereocenters. The van der Waals surface area contributed by atoms with Crippen LogP contribution in [0.2, 0.25) is 0 Å². The van der Waals surface area contributed by atoms with Gasteiger partial charge in [0.2, 0.25) is 0 Å². The predicted octanol–water partition coefficient (Wildman–Crippen LogP) is 2.62. The lowest BCUT2D eigenvalue weighted by atomic mass is 9.54. The topological polar surface area (TPSA) is 71.1 Å². The van der Waals surface area contributed by atoms with E-state index in [1.165, 1.54) is 0 Å². The number of cyclic esters (lactones) is 2. The number of carbonyl (C=O) groups is 2. The zero-order chi connectivity index (χ0) is 18.9. The lowest BCUT2D eigenvalue weighted by molar-refractivity contribution is -0.153. The van der Waals surface area contributed by atoms with Gasteiger partial charge in [0, 0.05) is 28.5 Å². The third-order valence-corrected chi connectivity index (χ3v) is 6.09. The molecule has 0 saturated carbocycles. The largest absolute Gasteiger partial charge is 0.496 e. The van der Waals surface area contributed by atoms with E-state index in [1.54, 1.807) is 21.3 Å². The van der Waals surface area contributed by atoms with Crippen LogP contribution in [-0.2, 0) is 14.3 Å². The number of benzene rings is 2. The summed E-state index contributed by atoms with van der Waals surface area (Å²) >= 11 is 0. The minimum absolute atomic E-state index is 0.343. The van der Waals surface area contributed by atoms with Gasteiger partial charge >= 0.3 is 11.9 Å². The summed E-state index contributed by atoms with van der Waals surface area (Å²) in [5.41, 5.74) is 3.69. The standard InChI is InChI=1S/C21H18O6/c1-24-10-6-4-5-9-13(10)17-16-12(26-3)8-7-11(25-2)15(16)14(9)18-19(17)21(23)27-20(18)22/h4-8,14,17-19H,1-3H3. The smallest absolute Gasteiger partial charge is 0.318 e. The Hall–Kier alpha value is -3.02. The van der Waals surface area contributed by atoms with Crippen LogP contribution in [-0.4, -0.2) is 33.3 Å². The molecule has 27 heavy (non-hydrogen) atoms. The molecule has 1 saturated heterocycles. The van der Waals surface area contributed by atoms with Crippen molar-refractivity contribution in [3.63, 3.8) is 0 Å². The van der Waals surface area contributed by atoms with Gasteiger partial charge in [-0.05, 0) is 23.8 Å². The number of hydrogen-bond acceptors (Lipinski definition) is 6. The molecule has 138 valence electrons. The van der Waals surface area contributed by atoms with Gasteiger partial charge in [0.1, 0.15) is 17.2 Å². The van der Waals surface area contributed by atoms with Crippen LogP contribution in [0.5, 0.6) is 17.2 Å². The molecule has 1 fully saturated rings. The maximum Gasteiger partial charge on any atom is 0.318 e. The lowest BCUT2D eigenvalue weighted by Gasteiger charge is -2.46. The van der Waals surface area contributed by atoms with Gasteiger partial charge in [-0.1, -0.05) is 12.1 Å². The molecule has 2 aromatic carbocycles. The van der Waals surface area contributed by atoms with Crippen LogP contribution >= 0.6 is 0 Å². The van der Waals surface area contributed by atoms with E-state index in [2.05, 4.69) is 0 Å². The van der Waals surface area contributed by atoms with Crippen LogP contribution in [0.4, 0.5) is 0 Å². The number of ether oxygens (including phenoxy) is 4. The van der Waals surface area contributed by atoms with E-state index in [0.29, 0.717) is 17.2 Å². The molecule has 6 rings (SSSR count). The fourth-order valence-corrected chi connectivity index (χ4v) is 5.18. The van der Waals surface area contributed by atoms with Crippen molar-refractivity contribution in [1.82, 2.24) is 0 Å². The van der Waals surface area contributed by atoms with Crippen molar-refractivity contribution in [1.29, 1.82) is 0 Å². The first-order valence-corrected chi connectivity index (χ1v) is 8.79. The number of esters is 2. The molecule has 1 heterocycles. The lowest BCUT2D eigenvalue weighted by Crippen LogP contribution is -2.42. The highest BCUT2D eigenvalue weighted by atomic mass is 16.6. The summed E-state index contributed by atoms with van der Waals surface area (Å²) in [6.07, 6.45) is 0. The average molecular weight is 366 g/mol. The van der Waals surface area contributed by atoms with Gasteiger partial charge in [-0.15, -0.1) is 0 Å². The van der Waals surface area contributed by atoms with Crippen LogP contribution in [0.1, 0.15) is 34.1 Å². The molecule has 6 nitrogen and oxygen atoms in total. The van der Waals surface area contributed by atoms with E-state index in [1.807, 2.05) is 30.3 Å². The number of rotatable bonds is 3. The van der Waals surface area contributed by atoms with Gasteiger partial charge in [0.05, 0.1) is 33.2 Å². The minimum atomic E-state index is -0.584. The molecule has 2 bridgehead atoms. The van der Waals surface area contributed by atoms with E-state index in [0.717, 1.165) is 22.3 Å². The first kappa shape index (κ1) is 16.2. The summed E-state index contributed by atoms with van der Waals surface area (Å²) in [6.45, 7) is 0. The van der Waals surface area contributed by atoms with Gasteiger partial charge in [-0.2, -0.15) is 0 Å². The minimum Gasteiger partial charge on any atom is -0.496 e. The molecule has 0 amide bonds. The Morgan fingerprint density at radius 2 is 1.22 bits per heavy atom. The van der Waals surface area contributed by atoms with E-state index in [9.17, 15) is 9.59 Å². The van der Waals surface area contributed by atoms with Crippen molar-refractivity contribution in [3.8, 4) is 17.2 Å². The Kier molecular flexibility index (Phi) is 3.29. The van der Waals surface area contributed by atoms with Crippen molar-refractivity contribution in [2.75, 3.05) is 21.3 Å². The van der Waals surface area contributed by atoms with E-state index >= 15 is 0 Å². The molecule has 6 heteroatoms. The molecule has 1 aliphatic heterocycles. The Balaban J connectivity index is 1.91. The third-order valence-electron chi connectivity index (χ3n) is 6.09. The van der Waals surface area contributed by atoms with Crippen LogP contribution in [0, 0.1) is 11.8 Å². The van der Waals surface area contributed by atoms with Crippen LogP contribution < -0.4 is 14.2 Å². The van der Waals surface area contributed by atoms with Crippen molar-refractivity contribution in [2.45, 2.75) is 11.8 Å². The fraction of sp³-hybridized carbons (Fsp3) is 0.333. The van der Waals surface area contributed by atoms with Gasteiger partial charge < -0.3 is 18.9 Å². The van der Waals surface area contributed by atoms with Crippen molar-refractivity contribution >= 4 is 11.9 Å². The van der Waals surface area contributed by atoms with Crippen LogP contribution in [0.3, 0.4) is 0 Å². The summed E-state index contributed by atoms with van der Waals surface area (Å²) in [6, 6.07) is 9.45. The Labute approximate surface area is 156 Å². The molecule has 2 aromatic rings. The molecular formula is C21H18O6. The highest BCUT2D eigenvalue weighted by molar-refractivity contribution is 6.00. The normalized spacial score (nSPS) is 26.8. The predicted molar refractivity (Wildman–Crippen MR) is 94.3 cm³/mol. The van der Waals surface area contributed by atoms with E-state index in [-0.39, 0.29) is 11.8 Å². The number of carbonyl (C=O) groups excluding carboxylic acids is 2. The fourth-order valence-electron chi connectivity index (χ4n) is 5.18. The maximum atomic E-state index is 12.6. The highest BCUT2D eigenvalue weighted by Crippen LogP contribution is 2.65.